The molecule has 8 heteroatoms. The molecule has 1 N–H and O–H groups in total. The van der Waals surface area contributed by atoms with Crippen LogP contribution >= 0.6 is 11.3 Å². The molecule has 0 spiro atoms. The summed E-state index contributed by atoms with van der Waals surface area (Å²) in [5.74, 6) is 0.991. The van der Waals surface area contributed by atoms with Crippen LogP contribution in [0.5, 0.6) is 5.75 Å². The number of hydrogen-bond acceptors (Lipinski definition) is 6. The van der Waals surface area contributed by atoms with E-state index in [4.69, 9.17) is 4.74 Å². The van der Waals surface area contributed by atoms with E-state index in [-0.39, 0.29) is 5.91 Å². The van der Waals surface area contributed by atoms with E-state index in [2.05, 4.69) is 20.6 Å². The van der Waals surface area contributed by atoms with Gasteiger partial charge in [0.05, 0.1) is 0 Å². The van der Waals surface area contributed by atoms with Crippen LogP contribution < -0.4 is 10.1 Å². The third-order valence-electron chi connectivity index (χ3n) is 3.68. The Morgan fingerprint density at radius 3 is 2.50 bits per heavy atom. The standard InChI is InChI=1S/C18H15N5O2S/c1-12(25-14-10-6-3-7-11-14)16(24)19-17-22-23-15(20-21-18(23)26-17)13-8-4-2-5-9-13/h2-12H,1H3,(H,19,22,24)/t12-/m1/s1. The second-order valence-corrected chi connectivity index (χ2v) is 6.51. The van der Waals surface area contributed by atoms with Crippen molar-refractivity contribution in [2.24, 2.45) is 0 Å². The lowest BCUT2D eigenvalue weighted by Gasteiger charge is -2.13. The normalized spacial score (nSPS) is 12.0. The topological polar surface area (TPSA) is 81.4 Å². The number of nitrogens with one attached hydrogen (secondary N) is 1. The number of hydrogen-bond donors (Lipinski definition) is 1. The second kappa shape index (κ2) is 6.93. The molecule has 1 amide bonds. The number of fused-ring (bicyclic) bond motifs is 1. The molecule has 0 saturated heterocycles. The fourth-order valence-corrected chi connectivity index (χ4v) is 3.14. The summed E-state index contributed by atoms with van der Waals surface area (Å²) < 4.78 is 7.25. The molecule has 4 rings (SSSR count). The molecule has 2 aromatic heterocycles. The Labute approximate surface area is 153 Å². The van der Waals surface area contributed by atoms with E-state index in [0.29, 0.717) is 21.7 Å². The van der Waals surface area contributed by atoms with Gasteiger partial charge in [-0.3, -0.25) is 10.1 Å². The summed E-state index contributed by atoms with van der Waals surface area (Å²) in [6.45, 7) is 1.69. The Balaban J connectivity index is 1.51. The Hall–Kier alpha value is -3.26. The molecule has 2 heterocycles. The molecule has 0 radical (unpaired) electrons. The molecule has 4 aromatic rings. The largest absolute Gasteiger partial charge is 0.481 e. The van der Waals surface area contributed by atoms with E-state index >= 15 is 0 Å². The summed E-state index contributed by atoms with van der Waals surface area (Å²) in [6.07, 6.45) is -0.652. The Morgan fingerprint density at radius 2 is 1.77 bits per heavy atom. The highest BCUT2D eigenvalue weighted by atomic mass is 32.1. The number of carbonyl (C=O) groups excluding carboxylic acids is 1. The SMILES string of the molecule is C[C@@H](Oc1ccccc1)C(=O)Nc1nn2c(-c3ccccc3)nnc2s1. The van der Waals surface area contributed by atoms with Crippen molar-refractivity contribution in [3.8, 4) is 17.1 Å². The Kier molecular flexibility index (Phi) is 4.32. The van der Waals surface area contributed by atoms with Crippen molar-refractivity contribution in [2.45, 2.75) is 13.0 Å². The van der Waals surface area contributed by atoms with Gasteiger partial charge in [-0.2, -0.15) is 4.52 Å². The lowest BCUT2D eigenvalue weighted by molar-refractivity contribution is -0.122. The summed E-state index contributed by atoms with van der Waals surface area (Å²) in [6, 6.07) is 18.9. The summed E-state index contributed by atoms with van der Waals surface area (Å²) in [7, 11) is 0. The van der Waals surface area contributed by atoms with Gasteiger partial charge < -0.3 is 4.74 Å². The number of para-hydroxylation sites is 1. The minimum Gasteiger partial charge on any atom is -0.481 e. The van der Waals surface area contributed by atoms with Crippen LogP contribution in [0.25, 0.3) is 16.3 Å². The number of aromatic nitrogens is 4. The van der Waals surface area contributed by atoms with Crippen molar-refractivity contribution in [1.29, 1.82) is 0 Å². The molecule has 0 aliphatic carbocycles. The first kappa shape index (κ1) is 16.2. The number of anilines is 1. The number of carbonyl (C=O) groups is 1. The monoisotopic (exact) mass is 365 g/mol. The van der Waals surface area contributed by atoms with Crippen LogP contribution in [-0.2, 0) is 4.79 Å². The third kappa shape index (κ3) is 3.27. The first-order valence-corrected chi connectivity index (χ1v) is 8.82. The zero-order chi connectivity index (χ0) is 17.9. The van der Waals surface area contributed by atoms with Crippen LogP contribution in [0, 0.1) is 0 Å². The highest BCUT2D eigenvalue weighted by molar-refractivity contribution is 7.20. The van der Waals surface area contributed by atoms with E-state index in [1.807, 2.05) is 48.5 Å². The zero-order valence-electron chi connectivity index (χ0n) is 13.9. The maximum atomic E-state index is 12.4. The first-order valence-electron chi connectivity index (χ1n) is 8.01. The third-order valence-corrected chi connectivity index (χ3v) is 4.49. The van der Waals surface area contributed by atoms with Gasteiger partial charge in [-0.05, 0) is 19.1 Å². The quantitative estimate of drug-likeness (QED) is 0.587. The van der Waals surface area contributed by atoms with Gasteiger partial charge in [-0.1, -0.05) is 59.9 Å². The van der Waals surface area contributed by atoms with Crippen molar-refractivity contribution in [3.63, 3.8) is 0 Å². The molecule has 7 nitrogen and oxygen atoms in total. The molecule has 1 atom stereocenters. The van der Waals surface area contributed by atoms with Gasteiger partial charge >= 0.3 is 0 Å². The van der Waals surface area contributed by atoms with Gasteiger partial charge in [0.15, 0.2) is 11.9 Å². The average molecular weight is 365 g/mol. The van der Waals surface area contributed by atoms with E-state index in [1.165, 1.54) is 11.3 Å². The van der Waals surface area contributed by atoms with Gasteiger partial charge in [-0.15, -0.1) is 15.3 Å². The van der Waals surface area contributed by atoms with Crippen LogP contribution in [0.4, 0.5) is 5.13 Å². The highest BCUT2D eigenvalue weighted by Crippen LogP contribution is 2.24. The number of rotatable bonds is 5. The molecule has 130 valence electrons. The van der Waals surface area contributed by atoms with E-state index in [0.717, 1.165) is 5.56 Å². The second-order valence-electron chi connectivity index (χ2n) is 5.55. The summed E-state index contributed by atoms with van der Waals surface area (Å²) >= 11 is 1.26. The van der Waals surface area contributed by atoms with Crippen molar-refractivity contribution in [3.05, 3.63) is 60.7 Å². The minimum atomic E-state index is -0.652. The lowest BCUT2D eigenvalue weighted by atomic mass is 10.2. The molecule has 0 fully saturated rings. The molecule has 0 aliphatic rings. The van der Waals surface area contributed by atoms with Crippen LogP contribution in [-0.4, -0.2) is 31.8 Å². The van der Waals surface area contributed by atoms with E-state index in [9.17, 15) is 4.79 Å². The molecule has 0 saturated carbocycles. The molecule has 2 aromatic carbocycles. The average Bonchev–Trinajstić information content (AvgIpc) is 3.23. The van der Waals surface area contributed by atoms with Gasteiger partial charge in [0.25, 0.3) is 5.91 Å². The molecule has 0 unspecified atom stereocenters. The fourth-order valence-electron chi connectivity index (χ4n) is 2.40. The van der Waals surface area contributed by atoms with Crippen molar-refractivity contribution >= 4 is 27.3 Å². The number of ether oxygens (including phenoxy) is 1. The van der Waals surface area contributed by atoms with Crippen molar-refractivity contribution in [1.82, 2.24) is 19.8 Å². The van der Waals surface area contributed by atoms with E-state index in [1.54, 1.807) is 23.6 Å². The van der Waals surface area contributed by atoms with Gasteiger partial charge in [0.1, 0.15) is 5.75 Å². The van der Waals surface area contributed by atoms with Crippen LogP contribution in [0.3, 0.4) is 0 Å². The van der Waals surface area contributed by atoms with Crippen molar-refractivity contribution < 1.29 is 9.53 Å². The molecular formula is C18H15N5O2S. The zero-order valence-corrected chi connectivity index (χ0v) is 14.7. The summed E-state index contributed by atoms with van der Waals surface area (Å²) in [4.78, 5) is 13.0. The van der Waals surface area contributed by atoms with Crippen LogP contribution in [0.15, 0.2) is 60.7 Å². The van der Waals surface area contributed by atoms with Crippen molar-refractivity contribution in [2.75, 3.05) is 5.32 Å². The lowest BCUT2D eigenvalue weighted by Crippen LogP contribution is -2.30. The van der Waals surface area contributed by atoms with E-state index < -0.39 is 6.10 Å². The molecular weight excluding hydrogens is 350 g/mol. The van der Waals surface area contributed by atoms with Gasteiger partial charge in [0, 0.05) is 5.56 Å². The smallest absolute Gasteiger partial charge is 0.266 e. The minimum absolute atomic E-state index is 0.278. The number of amides is 1. The maximum Gasteiger partial charge on any atom is 0.266 e. The summed E-state index contributed by atoms with van der Waals surface area (Å²) in [5, 5.41) is 15.9. The summed E-state index contributed by atoms with van der Waals surface area (Å²) in [5.41, 5.74) is 0.906. The molecule has 26 heavy (non-hydrogen) atoms. The Bertz CT molecular complexity index is 1030. The van der Waals surface area contributed by atoms with Gasteiger partial charge in [0.2, 0.25) is 10.1 Å². The van der Waals surface area contributed by atoms with Crippen LogP contribution in [0.1, 0.15) is 6.92 Å². The van der Waals surface area contributed by atoms with Gasteiger partial charge in [-0.25, -0.2) is 0 Å². The maximum absolute atomic E-state index is 12.4. The molecule has 0 aliphatic heterocycles. The molecule has 0 bridgehead atoms. The number of nitrogens with zero attached hydrogens (tertiary/aromatic N) is 4. The predicted molar refractivity (Wildman–Crippen MR) is 99.3 cm³/mol. The van der Waals surface area contributed by atoms with Crippen LogP contribution in [0.2, 0.25) is 0 Å². The highest BCUT2D eigenvalue weighted by Gasteiger charge is 2.19. The number of benzene rings is 2. The fraction of sp³-hybridized carbons (Fsp3) is 0.111. The predicted octanol–water partition coefficient (Wildman–Crippen LogP) is 3.26. The first-order chi connectivity index (χ1) is 12.7. The Morgan fingerprint density at radius 1 is 1.08 bits per heavy atom.